The first-order chi connectivity index (χ1) is 9.99. The second-order valence-electron chi connectivity index (χ2n) is 5.52. The number of nitrogen functional groups attached to an aromatic ring is 1. The minimum absolute atomic E-state index is 0.00308. The van der Waals surface area contributed by atoms with Crippen LogP contribution >= 0.6 is 0 Å². The van der Waals surface area contributed by atoms with E-state index < -0.39 is 4.92 Å². The van der Waals surface area contributed by atoms with Crippen molar-refractivity contribution < 1.29 is 4.92 Å². The maximum Gasteiger partial charge on any atom is 0.293 e. The fourth-order valence-electron chi connectivity index (χ4n) is 2.28. The molecule has 0 aliphatic heterocycles. The highest BCUT2D eigenvalue weighted by Crippen LogP contribution is 2.25. The van der Waals surface area contributed by atoms with Crippen molar-refractivity contribution in [3.05, 3.63) is 33.9 Å². The molecule has 0 heterocycles. The summed E-state index contributed by atoms with van der Waals surface area (Å²) in [5.74, 6) is 5.38. The molecule has 1 aromatic carbocycles. The van der Waals surface area contributed by atoms with E-state index in [4.69, 9.17) is 5.84 Å². The lowest BCUT2D eigenvalue weighted by molar-refractivity contribution is -0.384. The first-order valence-electron chi connectivity index (χ1n) is 7.47. The molecule has 0 aliphatic rings. The Morgan fingerprint density at radius 3 is 2.62 bits per heavy atom. The lowest BCUT2D eigenvalue weighted by Crippen LogP contribution is -2.31. The van der Waals surface area contributed by atoms with Crippen LogP contribution in [-0.2, 0) is 6.54 Å². The molecule has 0 unspecified atom stereocenters. The number of hydrogen-bond donors (Lipinski definition) is 2. The van der Waals surface area contributed by atoms with Crippen molar-refractivity contribution in [1.29, 1.82) is 0 Å². The summed E-state index contributed by atoms with van der Waals surface area (Å²) in [5.41, 5.74) is 3.80. The molecule has 0 aromatic heterocycles. The molecule has 21 heavy (non-hydrogen) atoms. The van der Waals surface area contributed by atoms with Crippen LogP contribution in [0, 0.1) is 10.1 Å². The van der Waals surface area contributed by atoms with E-state index in [1.165, 1.54) is 25.3 Å². The van der Waals surface area contributed by atoms with Gasteiger partial charge in [0, 0.05) is 18.7 Å². The summed E-state index contributed by atoms with van der Waals surface area (Å²) in [5, 5.41) is 10.9. The Bertz CT molecular complexity index is 463. The molecule has 0 atom stereocenters. The van der Waals surface area contributed by atoms with Gasteiger partial charge in [-0.05, 0) is 38.4 Å². The van der Waals surface area contributed by atoms with Crippen LogP contribution in [0.5, 0.6) is 0 Å². The molecule has 1 aromatic rings. The Morgan fingerprint density at radius 1 is 1.38 bits per heavy atom. The van der Waals surface area contributed by atoms with Crippen molar-refractivity contribution in [2.24, 2.45) is 5.84 Å². The summed E-state index contributed by atoms with van der Waals surface area (Å²) in [6.07, 6.45) is 3.59. The van der Waals surface area contributed by atoms with Gasteiger partial charge < -0.3 is 5.43 Å². The number of rotatable bonds is 9. The van der Waals surface area contributed by atoms with Gasteiger partial charge in [-0.25, -0.2) is 0 Å². The van der Waals surface area contributed by atoms with Gasteiger partial charge in [0.2, 0.25) is 0 Å². The van der Waals surface area contributed by atoms with Crippen molar-refractivity contribution in [1.82, 2.24) is 4.90 Å². The van der Waals surface area contributed by atoms with E-state index in [1.807, 2.05) is 0 Å². The SMILES string of the molecule is CCCCCN(Cc1ccc([N+](=O)[O-])c(NN)c1)C(C)C. The molecular weight excluding hydrogens is 268 g/mol. The second-order valence-corrected chi connectivity index (χ2v) is 5.52. The third-order valence-electron chi connectivity index (χ3n) is 3.58. The highest BCUT2D eigenvalue weighted by Gasteiger charge is 2.15. The molecule has 0 bridgehead atoms. The van der Waals surface area contributed by atoms with E-state index in [0.717, 1.165) is 18.7 Å². The Balaban J connectivity index is 2.81. The van der Waals surface area contributed by atoms with Gasteiger partial charge in [-0.2, -0.15) is 0 Å². The van der Waals surface area contributed by atoms with Gasteiger partial charge in [0.05, 0.1) is 4.92 Å². The lowest BCUT2D eigenvalue weighted by Gasteiger charge is -2.26. The first kappa shape index (κ1) is 17.4. The zero-order chi connectivity index (χ0) is 15.8. The summed E-state index contributed by atoms with van der Waals surface area (Å²) >= 11 is 0. The molecule has 0 fully saturated rings. The van der Waals surface area contributed by atoms with Crippen molar-refractivity contribution in [3.8, 4) is 0 Å². The number of nitrogens with zero attached hydrogens (tertiary/aromatic N) is 2. The van der Waals surface area contributed by atoms with Crippen LogP contribution in [0.1, 0.15) is 45.6 Å². The predicted molar refractivity (Wildman–Crippen MR) is 86.0 cm³/mol. The largest absolute Gasteiger partial charge is 0.318 e. The van der Waals surface area contributed by atoms with Crippen LogP contribution in [0.25, 0.3) is 0 Å². The number of hydrazine groups is 1. The smallest absolute Gasteiger partial charge is 0.293 e. The topological polar surface area (TPSA) is 84.4 Å². The standard InChI is InChI=1S/C15H26N4O2/c1-4-5-6-9-18(12(2)3)11-13-7-8-15(19(20)21)14(10-13)17-16/h7-8,10,12,17H,4-6,9,11,16H2,1-3H3. The normalized spacial score (nSPS) is 11.1. The van der Waals surface area contributed by atoms with Gasteiger partial charge in [0.1, 0.15) is 5.69 Å². The Morgan fingerprint density at radius 2 is 2.10 bits per heavy atom. The molecule has 0 saturated carbocycles. The van der Waals surface area contributed by atoms with Crippen LogP contribution in [0.4, 0.5) is 11.4 Å². The molecule has 6 heteroatoms. The van der Waals surface area contributed by atoms with E-state index in [-0.39, 0.29) is 5.69 Å². The molecule has 1 rings (SSSR count). The molecule has 118 valence electrons. The molecular formula is C15H26N4O2. The van der Waals surface area contributed by atoms with Gasteiger partial charge in [-0.1, -0.05) is 25.8 Å². The summed E-state index contributed by atoms with van der Waals surface area (Å²) in [7, 11) is 0. The minimum Gasteiger partial charge on any atom is -0.318 e. The maximum absolute atomic E-state index is 10.9. The quantitative estimate of drug-likeness (QED) is 0.316. The van der Waals surface area contributed by atoms with Crippen LogP contribution < -0.4 is 11.3 Å². The third-order valence-corrected chi connectivity index (χ3v) is 3.58. The maximum atomic E-state index is 10.9. The number of nitro benzene ring substituents is 1. The monoisotopic (exact) mass is 294 g/mol. The molecule has 0 aliphatic carbocycles. The number of nitrogens with two attached hydrogens (primary N) is 1. The van der Waals surface area contributed by atoms with Crippen LogP contribution in [-0.4, -0.2) is 22.4 Å². The summed E-state index contributed by atoms with van der Waals surface area (Å²) < 4.78 is 0. The zero-order valence-corrected chi connectivity index (χ0v) is 13.1. The summed E-state index contributed by atoms with van der Waals surface area (Å²) in [6, 6.07) is 5.50. The predicted octanol–water partition coefficient (Wildman–Crippen LogP) is 3.28. The number of anilines is 1. The van der Waals surface area contributed by atoms with E-state index in [9.17, 15) is 10.1 Å². The van der Waals surface area contributed by atoms with Crippen molar-refractivity contribution in [2.45, 2.75) is 52.6 Å². The fraction of sp³-hybridized carbons (Fsp3) is 0.600. The molecule has 0 radical (unpaired) electrons. The van der Waals surface area contributed by atoms with Crippen molar-refractivity contribution in [3.63, 3.8) is 0 Å². The minimum atomic E-state index is -0.430. The average Bonchev–Trinajstić information content (AvgIpc) is 2.45. The Labute approximate surface area is 126 Å². The van der Waals surface area contributed by atoms with Crippen LogP contribution in [0.3, 0.4) is 0 Å². The molecule has 0 spiro atoms. The third kappa shape index (κ3) is 5.32. The number of benzene rings is 1. The molecule has 0 saturated heterocycles. The average molecular weight is 294 g/mol. The fourth-order valence-corrected chi connectivity index (χ4v) is 2.28. The molecule has 3 N–H and O–H groups in total. The number of hydrogen-bond acceptors (Lipinski definition) is 5. The highest BCUT2D eigenvalue weighted by atomic mass is 16.6. The van der Waals surface area contributed by atoms with Gasteiger partial charge in [-0.3, -0.25) is 20.9 Å². The number of nitrogens with one attached hydrogen (secondary N) is 1. The van der Waals surface area contributed by atoms with E-state index in [1.54, 1.807) is 12.1 Å². The van der Waals surface area contributed by atoms with Gasteiger partial charge in [0.25, 0.3) is 5.69 Å². The first-order valence-corrected chi connectivity index (χ1v) is 7.47. The second kappa shape index (κ2) is 8.59. The Hall–Kier alpha value is -1.66. The molecule has 0 amide bonds. The van der Waals surface area contributed by atoms with Crippen LogP contribution in [0.2, 0.25) is 0 Å². The van der Waals surface area contributed by atoms with E-state index >= 15 is 0 Å². The van der Waals surface area contributed by atoms with Crippen molar-refractivity contribution in [2.75, 3.05) is 12.0 Å². The number of unbranched alkanes of at least 4 members (excludes halogenated alkanes) is 2. The van der Waals surface area contributed by atoms with Gasteiger partial charge in [-0.15, -0.1) is 0 Å². The lowest BCUT2D eigenvalue weighted by atomic mass is 10.1. The molecule has 6 nitrogen and oxygen atoms in total. The summed E-state index contributed by atoms with van der Waals surface area (Å²) in [6.45, 7) is 8.33. The van der Waals surface area contributed by atoms with E-state index in [0.29, 0.717) is 11.7 Å². The van der Waals surface area contributed by atoms with Gasteiger partial charge in [0.15, 0.2) is 0 Å². The van der Waals surface area contributed by atoms with E-state index in [2.05, 4.69) is 31.1 Å². The summed E-state index contributed by atoms with van der Waals surface area (Å²) in [4.78, 5) is 12.8. The van der Waals surface area contributed by atoms with Crippen LogP contribution in [0.15, 0.2) is 18.2 Å². The number of nitro groups is 1. The Kier molecular flexibility index (Phi) is 7.11. The highest BCUT2D eigenvalue weighted by molar-refractivity contribution is 5.62. The zero-order valence-electron chi connectivity index (χ0n) is 13.1. The van der Waals surface area contributed by atoms with Crippen molar-refractivity contribution >= 4 is 11.4 Å². The van der Waals surface area contributed by atoms with Gasteiger partial charge >= 0.3 is 0 Å².